The maximum atomic E-state index is 11.9. The van der Waals surface area contributed by atoms with Crippen molar-refractivity contribution in [3.63, 3.8) is 0 Å². The number of aryl methyl sites for hydroxylation is 1. The van der Waals surface area contributed by atoms with Crippen molar-refractivity contribution < 1.29 is 9.53 Å². The van der Waals surface area contributed by atoms with Crippen molar-refractivity contribution in [2.24, 2.45) is 0 Å². The Morgan fingerprint density at radius 3 is 2.81 bits per heavy atom. The summed E-state index contributed by atoms with van der Waals surface area (Å²) in [5.41, 5.74) is 6.26. The van der Waals surface area contributed by atoms with Crippen LogP contribution in [0.25, 0.3) is 0 Å². The Bertz CT molecular complexity index is 385. The van der Waals surface area contributed by atoms with Gasteiger partial charge in [-0.3, -0.25) is 4.79 Å². The van der Waals surface area contributed by atoms with Crippen LogP contribution < -0.4 is 11.1 Å². The number of amides is 1. The second-order valence-corrected chi connectivity index (χ2v) is 4.86. The average molecular weight is 241 g/mol. The van der Waals surface area contributed by atoms with Gasteiger partial charge in [-0.1, -0.05) is 11.3 Å². The molecule has 1 fully saturated rings. The minimum atomic E-state index is -0.0707. The van der Waals surface area contributed by atoms with Crippen LogP contribution in [-0.4, -0.2) is 30.1 Å². The molecule has 1 aliphatic rings. The molecule has 1 amide bonds. The second-order valence-electron chi connectivity index (χ2n) is 3.83. The first-order chi connectivity index (χ1) is 7.66. The number of nitrogens with one attached hydrogen (secondary N) is 1. The van der Waals surface area contributed by atoms with E-state index >= 15 is 0 Å². The lowest BCUT2D eigenvalue weighted by Crippen LogP contribution is -2.38. The molecule has 6 heteroatoms. The van der Waals surface area contributed by atoms with E-state index in [4.69, 9.17) is 10.5 Å². The van der Waals surface area contributed by atoms with Crippen LogP contribution in [0.3, 0.4) is 0 Å². The topological polar surface area (TPSA) is 77.2 Å². The molecule has 16 heavy (non-hydrogen) atoms. The van der Waals surface area contributed by atoms with Gasteiger partial charge in [0.05, 0.1) is 5.69 Å². The number of hydrogen-bond acceptors (Lipinski definition) is 5. The van der Waals surface area contributed by atoms with Gasteiger partial charge in [-0.25, -0.2) is 4.98 Å². The highest BCUT2D eigenvalue weighted by atomic mass is 32.1. The van der Waals surface area contributed by atoms with Crippen molar-refractivity contribution in [2.75, 3.05) is 18.9 Å². The lowest BCUT2D eigenvalue weighted by Gasteiger charge is -2.22. The number of aromatic nitrogens is 1. The van der Waals surface area contributed by atoms with E-state index in [1.807, 2.05) is 0 Å². The van der Waals surface area contributed by atoms with E-state index in [-0.39, 0.29) is 11.9 Å². The number of carbonyl (C=O) groups is 1. The van der Waals surface area contributed by atoms with Gasteiger partial charge in [-0.2, -0.15) is 0 Å². The molecular formula is C10H15N3O2S. The van der Waals surface area contributed by atoms with Gasteiger partial charge >= 0.3 is 0 Å². The van der Waals surface area contributed by atoms with Crippen molar-refractivity contribution in [1.29, 1.82) is 0 Å². The predicted octanol–water partition coefficient (Wildman–Crippen LogP) is 0.943. The number of nitrogens with two attached hydrogens (primary N) is 1. The Balaban J connectivity index is 1.99. The Kier molecular flexibility index (Phi) is 3.40. The third-order valence-corrected chi connectivity index (χ3v) is 3.56. The highest BCUT2D eigenvalue weighted by Gasteiger charge is 2.20. The van der Waals surface area contributed by atoms with Crippen molar-refractivity contribution in [1.82, 2.24) is 10.3 Å². The number of nitrogen functional groups attached to an aromatic ring is 1. The van der Waals surface area contributed by atoms with Crippen LogP contribution in [0.5, 0.6) is 0 Å². The third kappa shape index (κ3) is 2.51. The van der Waals surface area contributed by atoms with E-state index in [0.29, 0.717) is 15.7 Å². The molecule has 0 bridgehead atoms. The number of hydrogen-bond donors (Lipinski definition) is 2. The summed E-state index contributed by atoms with van der Waals surface area (Å²) in [6.45, 7) is 3.23. The van der Waals surface area contributed by atoms with Gasteiger partial charge in [-0.15, -0.1) is 0 Å². The minimum Gasteiger partial charge on any atom is -0.381 e. The first-order valence-corrected chi connectivity index (χ1v) is 6.10. The largest absolute Gasteiger partial charge is 0.381 e. The van der Waals surface area contributed by atoms with E-state index in [9.17, 15) is 4.79 Å². The van der Waals surface area contributed by atoms with Gasteiger partial charge in [0.15, 0.2) is 5.13 Å². The van der Waals surface area contributed by atoms with Crippen LogP contribution in [0.2, 0.25) is 0 Å². The van der Waals surface area contributed by atoms with Gasteiger partial charge in [0.1, 0.15) is 4.88 Å². The quantitative estimate of drug-likeness (QED) is 0.808. The Labute approximate surface area is 98.0 Å². The number of thiazole rings is 1. The zero-order valence-electron chi connectivity index (χ0n) is 9.16. The number of ether oxygens (including phenoxy) is 1. The number of nitrogens with zero attached hydrogens (tertiary/aromatic N) is 1. The Morgan fingerprint density at radius 2 is 2.25 bits per heavy atom. The molecular weight excluding hydrogens is 226 g/mol. The van der Waals surface area contributed by atoms with Crippen molar-refractivity contribution >= 4 is 22.4 Å². The summed E-state index contributed by atoms with van der Waals surface area (Å²) in [6, 6.07) is 0.212. The van der Waals surface area contributed by atoms with Crippen LogP contribution >= 0.6 is 11.3 Å². The summed E-state index contributed by atoms with van der Waals surface area (Å²) in [7, 11) is 0. The first-order valence-electron chi connectivity index (χ1n) is 5.28. The summed E-state index contributed by atoms with van der Waals surface area (Å²) in [5.74, 6) is -0.0707. The van der Waals surface area contributed by atoms with E-state index < -0.39 is 0 Å². The lowest BCUT2D eigenvalue weighted by molar-refractivity contribution is 0.0698. The fourth-order valence-electron chi connectivity index (χ4n) is 1.72. The summed E-state index contributed by atoms with van der Waals surface area (Å²) >= 11 is 1.23. The SMILES string of the molecule is Cc1nc(N)sc1C(=O)NC1CCOCC1. The predicted molar refractivity (Wildman–Crippen MR) is 62.6 cm³/mol. The molecule has 88 valence electrons. The van der Waals surface area contributed by atoms with Crippen LogP contribution in [-0.2, 0) is 4.74 Å². The molecule has 0 spiro atoms. The van der Waals surface area contributed by atoms with Crippen molar-refractivity contribution in [2.45, 2.75) is 25.8 Å². The van der Waals surface area contributed by atoms with Crippen molar-refractivity contribution in [3.8, 4) is 0 Å². The van der Waals surface area contributed by atoms with Crippen molar-refractivity contribution in [3.05, 3.63) is 10.6 Å². The number of anilines is 1. The third-order valence-electron chi connectivity index (χ3n) is 2.58. The molecule has 5 nitrogen and oxygen atoms in total. The zero-order valence-corrected chi connectivity index (χ0v) is 9.97. The van der Waals surface area contributed by atoms with E-state index in [2.05, 4.69) is 10.3 Å². The van der Waals surface area contributed by atoms with Gasteiger partial charge in [0.25, 0.3) is 5.91 Å². The molecule has 0 aliphatic carbocycles. The van der Waals surface area contributed by atoms with Crippen LogP contribution in [0, 0.1) is 6.92 Å². The first kappa shape index (κ1) is 11.3. The molecule has 0 atom stereocenters. The second kappa shape index (κ2) is 4.80. The summed E-state index contributed by atoms with van der Waals surface area (Å²) in [6.07, 6.45) is 1.75. The van der Waals surface area contributed by atoms with Gasteiger partial charge in [0.2, 0.25) is 0 Å². The average Bonchev–Trinajstić information content (AvgIpc) is 2.59. The molecule has 0 radical (unpaired) electrons. The van der Waals surface area contributed by atoms with E-state index in [1.165, 1.54) is 11.3 Å². The van der Waals surface area contributed by atoms with E-state index in [1.54, 1.807) is 6.92 Å². The summed E-state index contributed by atoms with van der Waals surface area (Å²) in [5, 5.41) is 3.42. The monoisotopic (exact) mass is 241 g/mol. The Morgan fingerprint density at radius 1 is 1.56 bits per heavy atom. The maximum absolute atomic E-state index is 11.9. The highest BCUT2D eigenvalue weighted by Crippen LogP contribution is 2.20. The number of carbonyl (C=O) groups excluding carboxylic acids is 1. The van der Waals surface area contributed by atoms with Gasteiger partial charge < -0.3 is 15.8 Å². The van der Waals surface area contributed by atoms with Crippen LogP contribution in [0.15, 0.2) is 0 Å². The molecule has 2 heterocycles. The molecule has 0 saturated carbocycles. The molecule has 2 rings (SSSR count). The molecule has 3 N–H and O–H groups in total. The number of rotatable bonds is 2. The van der Waals surface area contributed by atoms with Crippen LogP contribution in [0.4, 0.5) is 5.13 Å². The fourth-order valence-corrected chi connectivity index (χ4v) is 2.46. The molecule has 1 aliphatic heterocycles. The molecule has 0 aromatic carbocycles. The van der Waals surface area contributed by atoms with E-state index in [0.717, 1.165) is 26.1 Å². The normalized spacial score (nSPS) is 17.3. The highest BCUT2D eigenvalue weighted by molar-refractivity contribution is 7.17. The standard InChI is InChI=1S/C10H15N3O2S/c1-6-8(16-10(11)12-6)9(14)13-7-2-4-15-5-3-7/h7H,2-5H2,1H3,(H2,11,12)(H,13,14). The Hall–Kier alpha value is -1.14. The van der Waals surface area contributed by atoms with Gasteiger partial charge in [-0.05, 0) is 19.8 Å². The minimum absolute atomic E-state index is 0.0707. The smallest absolute Gasteiger partial charge is 0.263 e. The molecule has 1 aromatic heterocycles. The lowest BCUT2D eigenvalue weighted by atomic mass is 10.1. The maximum Gasteiger partial charge on any atom is 0.263 e. The molecule has 0 unspecified atom stereocenters. The molecule has 1 aromatic rings. The molecule has 1 saturated heterocycles. The van der Waals surface area contributed by atoms with Gasteiger partial charge in [0, 0.05) is 19.3 Å². The van der Waals surface area contributed by atoms with Crippen LogP contribution in [0.1, 0.15) is 28.2 Å². The fraction of sp³-hybridized carbons (Fsp3) is 0.600. The summed E-state index contributed by atoms with van der Waals surface area (Å²) < 4.78 is 5.23. The summed E-state index contributed by atoms with van der Waals surface area (Å²) in [4.78, 5) is 16.6. The zero-order chi connectivity index (χ0) is 11.5.